The van der Waals surface area contributed by atoms with Gasteiger partial charge in [-0.2, -0.15) is 0 Å². The first-order chi connectivity index (χ1) is 9.65. The van der Waals surface area contributed by atoms with Crippen molar-refractivity contribution >= 4 is 0 Å². The summed E-state index contributed by atoms with van der Waals surface area (Å²) in [5.41, 5.74) is 12.5. The summed E-state index contributed by atoms with van der Waals surface area (Å²) in [5, 5.41) is 0. The Kier molecular flexibility index (Phi) is 3.62. The first-order valence-electron chi connectivity index (χ1n) is 7.55. The number of aryl methyl sites for hydroxylation is 2. The monoisotopic (exact) mass is 269 g/mol. The van der Waals surface area contributed by atoms with Gasteiger partial charge in [0.2, 0.25) is 0 Å². The van der Waals surface area contributed by atoms with E-state index in [9.17, 15) is 0 Å². The Bertz CT molecular complexity index is 611. The first kappa shape index (κ1) is 13.4. The number of nitrogens with zero attached hydrogens (tertiary/aromatic N) is 2. The average molecular weight is 269 g/mol. The number of hydrogen-bond acceptors (Lipinski definition) is 2. The van der Waals surface area contributed by atoms with E-state index in [0.29, 0.717) is 0 Å². The van der Waals surface area contributed by atoms with Gasteiger partial charge in [-0.05, 0) is 69.2 Å². The SMILES string of the molecule is Cc1cc(-n2cnc3c2CCCC3)ccc1CC(C)N. The standard InChI is InChI=1S/C17H23N3/c1-12-9-15(8-7-14(12)10-13(2)18)20-11-19-16-5-3-4-6-17(16)20/h7-9,11,13H,3-6,10,18H2,1-2H3. The van der Waals surface area contributed by atoms with Gasteiger partial charge in [0.25, 0.3) is 0 Å². The fourth-order valence-corrected chi connectivity index (χ4v) is 3.10. The van der Waals surface area contributed by atoms with Crippen molar-refractivity contribution in [3.05, 3.63) is 47.0 Å². The van der Waals surface area contributed by atoms with E-state index in [-0.39, 0.29) is 6.04 Å². The lowest BCUT2D eigenvalue weighted by Gasteiger charge is -2.16. The molecule has 1 aliphatic rings. The molecule has 1 heterocycles. The van der Waals surface area contributed by atoms with Crippen molar-refractivity contribution in [2.75, 3.05) is 0 Å². The molecule has 1 unspecified atom stereocenters. The fourth-order valence-electron chi connectivity index (χ4n) is 3.10. The third-order valence-corrected chi connectivity index (χ3v) is 4.18. The zero-order chi connectivity index (χ0) is 14.1. The highest BCUT2D eigenvalue weighted by Crippen LogP contribution is 2.24. The number of imidazole rings is 1. The van der Waals surface area contributed by atoms with Crippen LogP contribution in [0.4, 0.5) is 0 Å². The molecule has 1 aromatic carbocycles. The maximum atomic E-state index is 5.90. The Hall–Kier alpha value is -1.61. The van der Waals surface area contributed by atoms with E-state index < -0.39 is 0 Å². The second kappa shape index (κ2) is 5.41. The maximum absolute atomic E-state index is 5.90. The Morgan fingerprint density at radius 3 is 2.85 bits per heavy atom. The number of benzene rings is 1. The molecule has 0 amide bonds. The molecule has 0 bridgehead atoms. The smallest absolute Gasteiger partial charge is 0.0997 e. The van der Waals surface area contributed by atoms with Gasteiger partial charge in [0.15, 0.2) is 0 Å². The van der Waals surface area contributed by atoms with Crippen molar-refractivity contribution in [3.63, 3.8) is 0 Å². The number of hydrogen-bond donors (Lipinski definition) is 1. The van der Waals surface area contributed by atoms with Crippen molar-refractivity contribution in [1.29, 1.82) is 0 Å². The van der Waals surface area contributed by atoms with Gasteiger partial charge in [0, 0.05) is 17.4 Å². The minimum absolute atomic E-state index is 0.209. The molecule has 106 valence electrons. The van der Waals surface area contributed by atoms with Crippen LogP contribution >= 0.6 is 0 Å². The van der Waals surface area contributed by atoms with Gasteiger partial charge in [0.1, 0.15) is 0 Å². The Morgan fingerprint density at radius 2 is 2.10 bits per heavy atom. The van der Waals surface area contributed by atoms with E-state index in [2.05, 4.69) is 41.6 Å². The second-order valence-corrected chi connectivity index (χ2v) is 6.01. The van der Waals surface area contributed by atoms with Gasteiger partial charge in [-0.25, -0.2) is 4.98 Å². The molecule has 2 aromatic rings. The summed E-state index contributed by atoms with van der Waals surface area (Å²) in [4.78, 5) is 4.58. The molecular weight excluding hydrogens is 246 g/mol. The van der Waals surface area contributed by atoms with Crippen LogP contribution in [0.1, 0.15) is 42.3 Å². The molecule has 3 heteroatoms. The van der Waals surface area contributed by atoms with E-state index >= 15 is 0 Å². The molecule has 0 saturated heterocycles. The average Bonchev–Trinajstić information content (AvgIpc) is 2.84. The van der Waals surface area contributed by atoms with Crippen molar-refractivity contribution < 1.29 is 0 Å². The number of rotatable bonds is 3. The summed E-state index contributed by atoms with van der Waals surface area (Å²) in [5.74, 6) is 0. The lowest BCUT2D eigenvalue weighted by Crippen LogP contribution is -2.18. The lowest BCUT2D eigenvalue weighted by molar-refractivity contribution is 0.656. The first-order valence-corrected chi connectivity index (χ1v) is 7.55. The van der Waals surface area contributed by atoms with Gasteiger partial charge in [-0.15, -0.1) is 0 Å². The largest absolute Gasteiger partial charge is 0.328 e. The van der Waals surface area contributed by atoms with Gasteiger partial charge < -0.3 is 10.3 Å². The summed E-state index contributed by atoms with van der Waals surface area (Å²) in [7, 11) is 0. The van der Waals surface area contributed by atoms with Crippen LogP contribution in [0, 0.1) is 6.92 Å². The summed E-state index contributed by atoms with van der Waals surface area (Å²) in [6.07, 6.45) is 7.75. The zero-order valence-electron chi connectivity index (χ0n) is 12.4. The topological polar surface area (TPSA) is 43.8 Å². The number of fused-ring (bicyclic) bond motifs is 1. The predicted molar refractivity (Wildman–Crippen MR) is 82.3 cm³/mol. The van der Waals surface area contributed by atoms with Crippen molar-refractivity contribution in [2.45, 2.75) is 52.0 Å². The zero-order valence-corrected chi connectivity index (χ0v) is 12.4. The Balaban J connectivity index is 1.95. The third kappa shape index (κ3) is 2.50. The normalized spacial score (nSPS) is 15.9. The predicted octanol–water partition coefficient (Wildman–Crippen LogP) is 2.95. The molecule has 2 N–H and O–H groups in total. The maximum Gasteiger partial charge on any atom is 0.0997 e. The van der Waals surface area contributed by atoms with Crippen LogP contribution in [0.5, 0.6) is 0 Å². The quantitative estimate of drug-likeness (QED) is 0.931. The second-order valence-electron chi connectivity index (χ2n) is 6.01. The van der Waals surface area contributed by atoms with Crippen molar-refractivity contribution in [1.82, 2.24) is 9.55 Å². The summed E-state index contributed by atoms with van der Waals surface area (Å²) < 4.78 is 2.26. The van der Waals surface area contributed by atoms with E-state index in [1.54, 1.807) is 0 Å². The third-order valence-electron chi connectivity index (χ3n) is 4.18. The van der Waals surface area contributed by atoms with Crippen molar-refractivity contribution in [2.24, 2.45) is 5.73 Å². The highest BCUT2D eigenvalue weighted by molar-refractivity contribution is 5.42. The molecule has 0 saturated carbocycles. The highest BCUT2D eigenvalue weighted by Gasteiger charge is 2.16. The van der Waals surface area contributed by atoms with Crippen LogP contribution in [0.15, 0.2) is 24.5 Å². The van der Waals surface area contributed by atoms with Crippen LogP contribution in [0.25, 0.3) is 5.69 Å². The van der Waals surface area contributed by atoms with E-state index in [1.165, 1.54) is 41.0 Å². The lowest BCUT2D eigenvalue weighted by atomic mass is 10.00. The Labute approximate surface area is 120 Å². The summed E-state index contributed by atoms with van der Waals surface area (Å²) in [6, 6.07) is 6.87. The minimum atomic E-state index is 0.209. The highest BCUT2D eigenvalue weighted by atomic mass is 15.1. The molecule has 1 aromatic heterocycles. The van der Waals surface area contributed by atoms with Crippen LogP contribution in [-0.4, -0.2) is 15.6 Å². The van der Waals surface area contributed by atoms with E-state index in [0.717, 1.165) is 19.3 Å². The van der Waals surface area contributed by atoms with Gasteiger partial charge >= 0.3 is 0 Å². The number of nitrogens with two attached hydrogens (primary N) is 1. The van der Waals surface area contributed by atoms with Crippen molar-refractivity contribution in [3.8, 4) is 5.69 Å². The molecule has 20 heavy (non-hydrogen) atoms. The van der Waals surface area contributed by atoms with Gasteiger partial charge in [-0.1, -0.05) is 6.07 Å². The Morgan fingerprint density at radius 1 is 1.30 bits per heavy atom. The van der Waals surface area contributed by atoms with E-state index in [4.69, 9.17) is 5.73 Å². The van der Waals surface area contributed by atoms with Crippen LogP contribution in [0.2, 0.25) is 0 Å². The fraction of sp³-hybridized carbons (Fsp3) is 0.471. The molecule has 0 aliphatic heterocycles. The molecule has 3 nitrogen and oxygen atoms in total. The molecule has 3 rings (SSSR count). The molecule has 0 fully saturated rings. The van der Waals surface area contributed by atoms with E-state index in [1.807, 2.05) is 6.33 Å². The van der Waals surface area contributed by atoms with Gasteiger partial charge in [0.05, 0.1) is 12.0 Å². The van der Waals surface area contributed by atoms with Crippen LogP contribution in [0.3, 0.4) is 0 Å². The summed E-state index contributed by atoms with van der Waals surface area (Å²) in [6.45, 7) is 4.23. The van der Waals surface area contributed by atoms with Crippen LogP contribution in [-0.2, 0) is 19.3 Å². The minimum Gasteiger partial charge on any atom is -0.328 e. The molecular formula is C17H23N3. The molecule has 1 atom stereocenters. The number of aromatic nitrogens is 2. The molecule has 0 radical (unpaired) electrons. The summed E-state index contributed by atoms with van der Waals surface area (Å²) >= 11 is 0. The molecule has 0 spiro atoms. The molecule has 1 aliphatic carbocycles. The van der Waals surface area contributed by atoms with Crippen LogP contribution < -0.4 is 5.73 Å². The van der Waals surface area contributed by atoms with Gasteiger partial charge in [-0.3, -0.25) is 0 Å².